The van der Waals surface area contributed by atoms with Gasteiger partial charge in [0.25, 0.3) is 0 Å². The maximum absolute atomic E-state index is 5.88. The smallest absolute Gasteiger partial charge is 0.127 e. The van der Waals surface area contributed by atoms with Crippen LogP contribution in [0, 0.1) is 0 Å². The minimum Gasteiger partial charge on any atom is -0.497 e. The van der Waals surface area contributed by atoms with E-state index in [1.165, 1.54) is 18.4 Å². The van der Waals surface area contributed by atoms with Crippen LogP contribution in [0.4, 0.5) is 0 Å². The van der Waals surface area contributed by atoms with Crippen molar-refractivity contribution in [2.45, 2.75) is 51.5 Å². The largest absolute Gasteiger partial charge is 0.497 e. The highest BCUT2D eigenvalue weighted by Crippen LogP contribution is 2.28. The van der Waals surface area contributed by atoms with Crippen molar-refractivity contribution in [2.75, 3.05) is 40.4 Å². The summed E-state index contributed by atoms with van der Waals surface area (Å²) in [7, 11) is 3.41. The van der Waals surface area contributed by atoms with Crippen molar-refractivity contribution in [2.24, 2.45) is 0 Å². The van der Waals surface area contributed by atoms with Crippen LogP contribution in [0.25, 0.3) is 0 Å². The van der Waals surface area contributed by atoms with E-state index in [4.69, 9.17) is 14.2 Å². The zero-order chi connectivity index (χ0) is 17.8. The minimum atomic E-state index is 0.352. The fourth-order valence-electron chi connectivity index (χ4n) is 4.18. The lowest BCUT2D eigenvalue weighted by Gasteiger charge is -2.43. The Hall–Kier alpha value is -1.30. The number of hydrogen-bond donors (Lipinski definition) is 0. The molecule has 1 aromatic rings. The van der Waals surface area contributed by atoms with Crippen LogP contribution in [0.1, 0.15) is 32.3 Å². The van der Waals surface area contributed by atoms with E-state index in [1.807, 2.05) is 12.1 Å². The van der Waals surface area contributed by atoms with Gasteiger partial charge in [0.1, 0.15) is 11.5 Å². The predicted molar refractivity (Wildman–Crippen MR) is 99.4 cm³/mol. The summed E-state index contributed by atoms with van der Waals surface area (Å²) < 4.78 is 16.7. The van der Waals surface area contributed by atoms with E-state index in [9.17, 15) is 0 Å². The molecule has 140 valence electrons. The summed E-state index contributed by atoms with van der Waals surface area (Å²) in [6.07, 6.45) is 3.17. The van der Waals surface area contributed by atoms with Crippen molar-refractivity contribution >= 4 is 0 Å². The molecule has 2 heterocycles. The third-order valence-electron chi connectivity index (χ3n) is 5.41. The Morgan fingerprint density at radius 1 is 1.04 bits per heavy atom. The van der Waals surface area contributed by atoms with Gasteiger partial charge in [-0.3, -0.25) is 9.80 Å². The van der Waals surface area contributed by atoms with Crippen molar-refractivity contribution in [3.05, 3.63) is 23.8 Å². The Morgan fingerprint density at radius 2 is 1.72 bits per heavy atom. The fraction of sp³-hybridized carbons (Fsp3) is 0.700. The Labute approximate surface area is 151 Å². The molecule has 0 amide bonds. The summed E-state index contributed by atoms with van der Waals surface area (Å²) >= 11 is 0. The maximum Gasteiger partial charge on any atom is 0.127 e. The van der Waals surface area contributed by atoms with Gasteiger partial charge in [0.15, 0.2) is 0 Å². The maximum atomic E-state index is 5.88. The van der Waals surface area contributed by atoms with Crippen LogP contribution in [0.2, 0.25) is 0 Å². The molecule has 1 aromatic carbocycles. The molecule has 0 radical (unpaired) electrons. The third-order valence-corrected chi connectivity index (χ3v) is 5.41. The topological polar surface area (TPSA) is 34.2 Å². The predicted octanol–water partition coefficient (Wildman–Crippen LogP) is 2.78. The van der Waals surface area contributed by atoms with Crippen LogP contribution in [0.15, 0.2) is 18.2 Å². The quantitative estimate of drug-likeness (QED) is 0.817. The average molecular weight is 348 g/mol. The highest BCUT2D eigenvalue weighted by molar-refractivity contribution is 5.40. The van der Waals surface area contributed by atoms with Crippen LogP contribution in [-0.4, -0.2) is 68.4 Å². The number of nitrogens with zero attached hydrogens (tertiary/aromatic N) is 2. The SMILES string of the molecule is COc1ccc(CN2CCC(N3C[C@@H](C)O[C@@H](C)C3)CC2)c(OC)c1. The molecule has 2 atom stereocenters. The Kier molecular flexibility index (Phi) is 6.20. The van der Waals surface area contributed by atoms with Crippen molar-refractivity contribution in [1.29, 1.82) is 0 Å². The molecule has 5 heteroatoms. The van der Waals surface area contributed by atoms with E-state index in [0.29, 0.717) is 18.2 Å². The van der Waals surface area contributed by atoms with Gasteiger partial charge in [-0.2, -0.15) is 0 Å². The van der Waals surface area contributed by atoms with Crippen molar-refractivity contribution in [3.63, 3.8) is 0 Å². The lowest BCUT2D eigenvalue weighted by Crippen LogP contribution is -2.53. The Morgan fingerprint density at radius 3 is 2.32 bits per heavy atom. The minimum absolute atomic E-state index is 0.352. The van der Waals surface area contributed by atoms with Gasteiger partial charge in [-0.1, -0.05) is 6.07 Å². The van der Waals surface area contributed by atoms with Crippen LogP contribution in [-0.2, 0) is 11.3 Å². The number of benzene rings is 1. The molecule has 2 aliphatic heterocycles. The summed E-state index contributed by atoms with van der Waals surface area (Å²) in [6, 6.07) is 6.80. The number of piperidine rings is 1. The second-order valence-corrected chi connectivity index (χ2v) is 7.40. The molecule has 0 N–H and O–H groups in total. The second-order valence-electron chi connectivity index (χ2n) is 7.40. The normalized spacial score (nSPS) is 26.6. The highest BCUT2D eigenvalue weighted by atomic mass is 16.5. The van der Waals surface area contributed by atoms with E-state index in [0.717, 1.165) is 44.2 Å². The van der Waals surface area contributed by atoms with Gasteiger partial charge < -0.3 is 14.2 Å². The molecule has 3 rings (SSSR count). The molecule has 0 aliphatic carbocycles. The molecule has 5 nitrogen and oxygen atoms in total. The number of morpholine rings is 1. The van der Waals surface area contributed by atoms with Crippen LogP contribution < -0.4 is 9.47 Å². The monoisotopic (exact) mass is 348 g/mol. The van der Waals surface area contributed by atoms with E-state index in [2.05, 4.69) is 29.7 Å². The van der Waals surface area contributed by atoms with Crippen LogP contribution in [0.3, 0.4) is 0 Å². The number of hydrogen-bond acceptors (Lipinski definition) is 5. The average Bonchev–Trinajstić information content (AvgIpc) is 2.62. The summed E-state index contributed by atoms with van der Waals surface area (Å²) in [5.74, 6) is 1.76. The van der Waals surface area contributed by atoms with Crippen molar-refractivity contribution in [1.82, 2.24) is 9.80 Å². The molecule has 2 saturated heterocycles. The van der Waals surface area contributed by atoms with Gasteiger partial charge in [-0.25, -0.2) is 0 Å². The highest BCUT2D eigenvalue weighted by Gasteiger charge is 2.30. The van der Waals surface area contributed by atoms with E-state index < -0.39 is 0 Å². The van der Waals surface area contributed by atoms with Gasteiger partial charge in [0.2, 0.25) is 0 Å². The molecular formula is C20H32N2O3. The molecule has 0 aromatic heterocycles. The molecule has 2 aliphatic rings. The van der Waals surface area contributed by atoms with Crippen molar-refractivity contribution in [3.8, 4) is 11.5 Å². The molecular weight excluding hydrogens is 316 g/mol. The van der Waals surface area contributed by atoms with Crippen LogP contribution >= 0.6 is 0 Å². The van der Waals surface area contributed by atoms with Gasteiger partial charge in [-0.05, 0) is 45.8 Å². The lowest BCUT2D eigenvalue weighted by atomic mass is 10.0. The first-order valence-electron chi connectivity index (χ1n) is 9.41. The molecule has 0 bridgehead atoms. The number of methoxy groups -OCH3 is 2. The molecule has 25 heavy (non-hydrogen) atoms. The van der Waals surface area contributed by atoms with Gasteiger partial charge in [0, 0.05) is 37.3 Å². The van der Waals surface area contributed by atoms with Gasteiger partial charge in [-0.15, -0.1) is 0 Å². The zero-order valence-corrected chi connectivity index (χ0v) is 16.0. The molecule has 2 fully saturated rings. The number of ether oxygens (including phenoxy) is 3. The van der Waals surface area contributed by atoms with E-state index in [-0.39, 0.29) is 0 Å². The fourth-order valence-corrected chi connectivity index (χ4v) is 4.18. The van der Waals surface area contributed by atoms with E-state index in [1.54, 1.807) is 14.2 Å². The van der Waals surface area contributed by atoms with E-state index >= 15 is 0 Å². The van der Waals surface area contributed by atoms with Crippen LogP contribution in [0.5, 0.6) is 11.5 Å². The standard InChI is InChI=1S/C20H32N2O3/c1-15-12-22(13-16(2)25-15)18-7-9-21(10-8-18)14-17-5-6-19(23-3)11-20(17)24-4/h5-6,11,15-16,18H,7-10,12-14H2,1-4H3/t15-,16+. The first kappa shape index (κ1) is 18.5. The number of rotatable bonds is 5. The first-order chi connectivity index (χ1) is 12.1. The number of likely N-dealkylation sites (tertiary alicyclic amines) is 1. The summed E-state index contributed by atoms with van der Waals surface area (Å²) in [6.45, 7) is 9.74. The summed E-state index contributed by atoms with van der Waals surface area (Å²) in [5.41, 5.74) is 1.23. The molecule has 0 spiro atoms. The Balaban J connectivity index is 1.54. The summed E-state index contributed by atoms with van der Waals surface area (Å²) in [4.78, 5) is 5.18. The lowest BCUT2D eigenvalue weighted by molar-refractivity contribution is -0.0865. The first-order valence-corrected chi connectivity index (χ1v) is 9.41. The molecule has 0 saturated carbocycles. The zero-order valence-electron chi connectivity index (χ0n) is 16.0. The second kappa shape index (κ2) is 8.39. The van der Waals surface area contributed by atoms with Gasteiger partial charge in [0.05, 0.1) is 26.4 Å². The third kappa shape index (κ3) is 4.66. The molecule has 0 unspecified atom stereocenters. The van der Waals surface area contributed by atoms with Gasteiger partial charge >= 0.3 is 0 Å². The Bertz CT molecular complexity index is 548. The summed E-state index contributed by atoms with van der Waals surface area (Å²) in [5, 5.41) is 0. The van der Waals surface area contributed by atoms with Crippen molar-refractivity contribution < 1.29 is 14.2 Å².